The Labute approximate surface area is 201 Å². The lowest BCUT2D eigenvalue weighted by Gasteiger charge is -2.34. The second kappa shape index (κ2) is 12.8. The minimum atomic E-state index is -0.487. The van der Waals surface area contributed by atoms with Gasteiger partial charge in [-0.05, 0) is 48.7 Å². The molecule has 0 aliphatic carbocycles. The van der Waals surface area contributed by atoms with Crippen LogP contribution >= 0.6 is 11.6 Å². The third kappa shape index (κ3) is 7.34. The zero-order valence-corrected chi connectivity index (χ0v) is 19.9. The van der Waals surface area contributed by atoms with Crippen LogP contribution in [0.5, 0.6) is 11.5 Å². The number of ether oxygens (including phenoxy) is 4. The molecule has 1 aliphatic heterocycles. The summed E-state index contributed by atoms with van der Waals surface area (Å²) in [6.07, 6.45) is 4.02. The third-order valence-corrected chi connectivity index (χ3v) is 5.78. The fourth-order valence-electron chi connectivity index (χ4n) is 3.95. The molecular weight excluding hydrogens is 440 g/mol. The molecule has 1 aliphatic rings. The number of hydrogen-bond donors (Lipinski definition) is 1. The Kier molecular flexibility index (Phi) is 9.82. The molecule has 5 nitrogen and oxygen atoms in total. The minimum absolute atomic E-state index is 0.212. The van der Waals surface area contributed by atoms with E-state index in [2.05, 4.69) is 13.2 Å². The predicted molar refractivity (Wildman–Crippen MR) is 131 cm³/mol. The Bertz CT molecular complexity index is 911. The van der Waals surface area contributed by atoms with Gasteiger partial charge < -0.3 is 24.1 Å². The summed E-state index contributed by atoms with van der Waals surface area (Å²) in [5, 5.41) is 11.1. The van der Waals surface area contributed by atoms with Gasteiger partial charge in [0.2, 0.25) is 0 Å². The average molecular weight is 473 g/mol. The molecule has 2 aromatic carbocycles. The van der Waals surface area contributed by atoms with Crippen molar-refractivity contribution >= 4 is 11.6 Å². The Morgan fingerprint density at radius 1 is 1.09 bits per heavy atom. The summed E-state index contributed by atoms with van der Waals surface area (Å²) >= 11 is 6.64. The topological polar surface area (TPSA) is 57.2 Å². The highest BCUT2D eigenvalue weighted by molar-refractivity contribution is 6.31. The number of benzene rings is 2. The highest BCUT2D eigenvalue weighted by Crippen LogP contribution is 2.39. The minimum Gasteiger partial charge on any atom is -0.494 e. The van der Waals surface area contributed by atoms with Crippen LogP contribution in [-0.4, -0.2) is 43.7 Å². The van der Waals surface area contributed by atoms with Crippen LogP contribution in [0.1, 0.15) is 42.6 Å². The second-order valence-electron chi connectivity index (χ2n) is 8.03. The number of rotatable bonds is 12. The van der Waals surface area contributed by atoms with Gasteiger partial charge in [0.15, 0.2) is 0 Å². The van der Waals surface area contributed by atoms with Gasteiger partial charge in [-0.3, -0.25) is 0 Å². The van der Waals surface area contributed by atoms with Crippen molar-refractivity contribution in [1.82, 2.24) is 0 Å². The molecule has 33 heavy (non-hydrogen) atoms. The van der Waals surface area contributed by atoms with Crippen LogP contribution in [0.3, 0.4) is 0 Å². The number of aliphatic hydroxyl groups excluding tert-OH is 1. The molecule has 1 fully saturated rings. The molecule has 0 spiro atoms. The van der Waals surface area contributed by atoms with Gasteiger partial charge in [0.1, 0.15) is 18.1 Å². The lowest BCUT2D eigenvalue weighted by Crippen LogP contribution is -2.34. The van der Waals surface area contributed by atoms with E-state index in [1.54, 1.807) is 12.2 Å². The van der Waals surface area contributed by atoms with Gasteiger partial charge in [0, 0.05) is 23.4 Å². The van der Waals surface area contributed by atoms with Crippen molar-refractivity contribution in [3.8, 4) is 11.5 Å². The maximum atomic E-state index is 10.5. The van der Waals surface area contributed by atoms with Crippen LogP contribution in [0.4, 0.5) is 0 Å². The zero-order chi connectivity index (χ0) is 23.6. The van der Waals surface area contributed by atoms with E-state index in [0.29, 0.717) is 56.5 Å². The Morgan fingerprint density at radius 3 is 2.55 bits per heavy atom. The van der Waals surface area contributed by atoms with E-state index >= 15 is 0 Å². The lowest BCUT2D eigenvalue weighted by atomic mass is 9.93. The van der Waals surface area contributed by atoms with Crippen molar-refractivity contribution < 1.29 is 24.1 Å². The number of halogens is 1. The smallest absolute Gasteiger partial charge is 0.127 e. The van der Waals surface area contributed by atoms with Gasteiger partial charge in [0.25, 0.3) is 0 Å². The molecule has 0 amide bonds. The van der Waals surface area contributed by atoms with Gasteiger partial charge in [-0.15, -0.1) is 6.58 Å². The van der Waals surface area contributed by atoms with Crippen molar-refractivity contribution in [2.24, 2.45) is 0 Å². The SMILES string of the molecule is C=CCOCC1CC(O)CC(c2cc(Cc3ccc(OCC)cc3)c(Cl)cc2OCC=C)O1. The Balaban J connectivity index is 1.86. The summed E-state index contributed by atoms with van der Waals surface area (Å²) in [7, 11) is 0. The van der Waals surface area contributed by atoms with E-state index in [4.69, 9.17) is 30.5 Å². The van der Waals surface area contributed by atoms with E-state index in [0.717, 1.165) is 22.4 Å². The van der Waals surface area contributed by atoms with Crippen LogP contribution in [0, 0.1) is 0 Å². The van der Waals surface area contributed by atoms with Crippen molar-refractivity contribution in [2.75, 3.05) is 26.4 Å². The maximum Gasteiger partial charge on any atom is 0.127 e. The summed E-state index contributed by atoms with van der Waals surface area (Å²) in [5.74, 6) is 1.48. The Morgan fingerprint density at radius 2 is 1.85 bits per heavy atom. The van der Waals surface area contributed by atoms with Crippen LogP contribution in [0.2, 0.25) is 5.02 Å². The van der Waals surface area contributed by atoms with Crippen molar-refractivity contribution in [3.63, 3.8) is 0 Å². The summed E-state index contributed by atoms with van der Waals surface area (Å²) in [6.45, 7) is 11.2. The second-order valence-corrected chi connectivity index (χ2v) is 8.44. The molecule has 0 aromatic heterocycles. The number of hydrogen-bond acceptors (Lipinski definition) is 5. The molecule has 6 heteroatoms. The summed E-state index contributed by atoms with van der Waals surface area (Å²) < 4.78 is 23.3. The largest absolute Gasteiger partial charge is 0.494 e. The van der Waals surface area contributed by atoms with Crippen LogP contribution < -0.4 is 9.47 Å². The first-order chi connectivity index (χ1) is 16.0. The summed E-state index contributed by atoms with van der Waals surface area (Å²) in [5.41, 5.74) is 2.95. The first-order valence-corrected chi connectivity index (χ1v) is 11.7. The predicted octanol–water partition coefficient (Wildman–Crippen LogP) is 5.68. The van der Waals surface area contributed by atoms with E-state index in [1.165, 1.54) is 0 Å². The van der Waals surface area contributed by atoms with Gasteiger partial charge in [-0.1, -0.05) is 42.5 Å². The van der Waals surface area contributed by atoms with E-state index in [-0.39, 0.29) is 12.2 Å². The molecule has 1 heterocycles. The lowest BCUT2D eigenvalue weighted by molar-refractivity contribution is -0.121. The molecular formula is C27H33ClO5. The fourth-order valence-corrected chi connectivity index (χ4v) is 4.17. The third-order valence-electron chi connectivity index (χ3n) is 5.43. The molecule has 2 aromatic rings. The molecule has 0 bridgehead atoms. The average Bonchev–Trinajstić information content (AvgIpc) is 2.80. The van der Waals surface area contributed by atoms with Gasteiger partial charge in [0.05, 0.1) is 38.1 Å². The number of aliphatic hydroxyl groups is 1. The molecule has 0 radical (unpaired) electrons. The van der Waals surface area contributed by atoms with Crippen LogP contribution in [0.15, 0.2) is 61.7 Å². The summed E-state index contributed by atoms with van der Waals surface area (Å²) in [4.78, 5) is 0. The van der Waals surface area contributed by atoms with Gasteiger partial charge in [-0.2, -0.15) is 0 Å². The monoisotopic (exact) mass is 472 g/mol. The molecule has 1 saturated heterocycles. The molecule has 3 atom stereocenters. The van der Waals surface area contributed by atoms with E-state index in [9.17, 15) is 5.11 Å². The molecule has 1 N–H and O–H groups in total. The van der Waals surface area contributed by atoms with Crippen molar-refractivity contribution in [2.45, 2.75) is 44.5 Å². The molecule has 3 unspecified atom stereocenters. The standard InChI is InChI=1S/C27H33ClO5/c1-4-11-30-18-23-15-21(29)16-27(33-23)24-14-20(25(28)17-26(24)32-12-5-2)13-19-7-9-22(10-8-19)31-6-3/h4-5,7-10,14,17,21,23,27,29H,1-2,6,11-13,15-16,18H2,3H3. The summed E-state index contributed by atoms with van der Waals surface area (Å²) in [6, 6.07) is 11.9. The highest BCUT2D eigenvalue weighted by atomic mass is 35.5. The fraction of sp³-hybridized carbons (Fsp3) is 0.407. The first-order valence-electron chi connectivity index (χ1n) is 11.3. The Hall–Kier alpha value is -2.31. The van der Waals surface area contributed by atoms with Crippen molar-refractivity contribution in [1.29, 1.82) is 0 Å². The van der Waals surface area contributed by atoms with Crippen LogP contribution in [-0.2, 0) is 15.9 Å². The van der Waals surface area contributed by atoms with E-state index in [1.807, 2.05) is 43.3 Å². The van der Waals surface area contributed by atoms with Crippen molar-refractivity contribution in [3.05, 3.63) is 83.4 Å². The van der Waals surface area contributed by atoms with E-state index < -0.39 is 6.10 Å². The normalized spacial score (nSPS) is 20.3. The van der Waals surface area contributed by atoms with Gasteiger partial charge in [-0.25, -0.2) is 0 Å². The quantitative estimate of drug-likeness (QED) is 0.318. The molecule has 3 rings (SSSR count). The highest BCUT2D eigenvalue weighted by Gasteiger charge is 2.32. The molecule has 0 saturated carbocycles. The zero-order valence-electron chi connectivity index (χ0n) is 19.2. The first kappa shape index (κ1) is 25.3. The maximum absolute atomic E-state index is 10.5. The molecule has 178 valence electrons. The van der Waals surface area contributed by atoms with Crippen LogP contribution in [0.25, 0.3) is 0 Å². The van der Waals surface area contributed by atoms with Gasteiger partial charge >= 0.3 is 0 Å².